The van der Waals surface area contributed by atoms with Gasteiger partial charge in [0.15, 0.2) is 0 Å². The molecule has 1 atom stereocenters. The number of carbonyl (C=O) groups is 1. The number of nitrogens with two attached hydrogens (primary N) is 1. The van der Waals surface area contributed by atoms with E-state index >= 15 is 0 Å². The first-order valence-electron chi connectivity index (χ1n) is 10.5. The van der Waals surface area contributed by atoms with Crippen LogP contribution in [0.15, 0.2) is 65.3 Å². The van der Waals surface area contributed by atoms with E-state index in [0.29, 0.717) is 11.6 Å². The zero-order valence-electron chi connectivity index (χ0n) is 17.1. The number of rotatable bonds is 7. The highest BCUT2D eigenvalue weighted by molar-refractivity contribution is 6.08. The Morgan fingerprint density at radius 3 is 2.52 bits per heavy atom. The van der Waals surface area contributed by atoms with Crippen LogP contribution in [0.4, 0.5) is 5.69 Å². The molecule has 3 rings (SSSR count). The minimum Gasteiger partial charge on any atom is -0.478 e. The Morgan fingerprint density at radius 2 is 1.83 bits per heavy atom. The summed E-state index contributed by atoms with van der Waals surface area (Å²) in [6.07, 6.45) is 10.3. The van der Waals surface area contributed by atoms with Crippen molar-refractivity contribution in [1.82, 2.24) is 0 Å². The van der Waals surface area contributed by atoms with Crippen molar-refractivity contribution in [3.8, 4) is 11.1 Å². The molecule has 0 bridgehead atoms. The number of nitrogens with zero attached hydrogens (tertiary/aromatic N) is 1. The number of hydrogen-bond acceptors (Lipinski definition) is 3. The molecule has 0 amide bonds. The van der Waals surface area contributed by atoms with Crippen LogP contribution in [0.1, 0.15) is 44.6 Å². The van der Waals surface area contributed by atoms with Crippen LogP contribution in [0.5, 0.6) is 0 Å². The molecule has 0 spiro atoms. The number of hydrogen-bond donors (Lipinski definition) is 2. The van der Waals surface area contributed by atoms with E-state index in [1.54, 1.807) is 0 Å². The molecule has 1 fully saturated rings. The van der Waals surface area contributed by atoms with Gasteiger partial charge in [0.05, 0.1) is 11.3 Å². The van der Waals surface area contributed by atoms with Crippen LogP contribution in [0.3, 0.4) is 0 Å². The summed E-state index contributed by atoms with van der Waals surface area (Å²) < 4.78 is 0. The fourth-order valence-corrected chi connectivity index (χ4v) is 4.20. The molecule has 152 valence electrons. The van der Waals surface area contributed by atoms with E-state index in [1.165, 1.54) is 43.9 Å². The van der Waals surface area contributed by atoms with E-state index in [1.807, 2.05) is 18.2 Å². The lowest BCUT2D eigenvalue weighted by Gasteiger charge is -2.27. The van der Waals surface area contributed by atoms with Crippen LogP contribution in [0.2, 0.25) is 0 Å². The summed E-state index contributed by atoms with van der Waals surface area (Å²) >= 11 is 0. The predicted octanol–water partition coefficient (Wildman–Crippen LogP) is 5.74. The number of benzene rings is 2. The summed E-state index contributed by atoms with van der Waals surface area (Å²) in [5, 5.41) is 9.04. The molecule has 0 radical (unpaired) electrons. The van der Waals surface area contributed by atoms with Gasteiger partial charge in [0.2, 0.25) is 0 Å². The van der Waals surface area contributed by atoms with Crippen LogP contribution in [0, 0.1) is 11.8 Å². The quantitative estimate of drug-likeness (QED) is 0.467. The zero-order chi connectivity index (χ0) is 20.6. The minimum atomic E-state index is -1.09. The van der Waals surface area contributed by atoms with Crippen LogP contribution in [-0.2, 0) is 11.2 Å². The third kappa shape index (κ3) is 5.80. The average molecular weight is 391 g/mol. The van der Waals surface area contributed by atoms with Crippen LogP contribution >= 0.6 is 0 Å². The zero-order valence-corrected chi connectivity index (χ0v) is 17.1. The average Bonchev–Trinajstić information content (AvgIpc) is 2.75. The van der Waals surface area contributed by atoms with E-state index in [-0.39, 0.29) is 5.57 Å². The maximum absolute atomic E-state index is 11.0. The Hall–Kier alpha value is -2.88. The van der Waals surface area contributed by atoms with Gasteiger partial charge in [-0.1, -0.05) is 75.4 Å². The molecule has 1 unspecified atom stereocenters. The molecule has 0 aliphatic heterocycles. The van der Waals surface area contributed by atoms with Gasteiger partial charge in [0.1, 0.15) is 0 Å². The summed E-state index contributed by atoms with van der Waals surface area (Å²) in [4.78, 5) is 15.3. The highest BCUT2D eigenvalue weighted by Crippen LogP contribution is 2.32. The van der Waals surface area contributed by atoms with Crippen LogP contribution in [0.25, 0.3) is 11.1 Å². The summed E-state index contributed by atoms with van der Waals surface area (Å²) in [6.45, 7) is 2.39. The third-order valence-corrected chi connectivity index (χ3v) is 5.90. The lowest BCUT2D eigenvalue weighted by atomic mass is 9.78. The van der Waals surface area contributed by atoms with Crippen molar-refractivity contribution in [3.05, 3.63) is 65.9 Å². The second kappa shape index (κ2) is 10.1. The lowest BCUT2D eigenvalue weighted by Crippen LogP contribution is -2.17. The van der Waals surface area contributed by atoms with Gasteiger partial charge in [-0.2, -0.15) is 0 Å². The van der Waals surface area contributed by atoms with Crippen molar-refractivity contribution in [1.29, 1.82) is 0 Å². The molecule has 0 saturated heterocycles. The highest BCUT2D eigenvalue weighted by Gasteiger charge is 2.20. The topological polar surface area (TPSA) is 75.7 Å². The number of aliphatic imine (C=N–C) groups is 1. The molecular formula is C25H30N2O2. The Labute approximate surface area is 173 Å². The molecule has 1 aliphatic rings. The Bertz CT molecular complexity index is 895. The van der Waals surface area contributed by atoms with E-state index in [9.17, 15) is 4.79 Å². The Morgan fingerprint density at radius 1 is 1.14 bits per heavy atom. The van der Waals surface area contributed by atoms with Crippen molar-refractivity contribution < 1.29 is 9.90 Å². The van der Waals surface area contributed by atoms with Crippen molar-refractivity contribution in [3.63, 3.8) is 0 Å². The fourth-order valence-electron chi connectivity index (χ4n) is 4.20. The maximum atomic E-state index is 11.0. The summed E-state index contributed by atoms with van der Waals surface area (Å²) in [6, 6.07) is 16.5. The highest BCUT2D eigenvalue weighted by atomic mass is 16.4. The number of aliphatic carboxylic acids is 1. The summed E-state index contributed by atoms with van der Waals surface area (Å²) in [5.41, 5.74) is 9.59. The normalized spacial score (nSPS) is 16.8. The van der Waals surface area contributed by atoms with Gasteiger partial charge in [-0.15, -0.1) is 0 Å². The fraction of sp³-hybridized carbons (Fsp3) is 0.360. The molecular weight excluding hydrogens is 360 g/mol. The van der Waals surface area contributed by atoms with E-state index in [2.05, 4.69) is 42.2 Å². The molecule has 0 aromatic heterocycles. The molecule has 3 N–H and O–H groups in total. The SMILES string of the molecule is CC(Cc1cccc(-c2cccc(N=CC(=CN)C(=O)O)c2)c1)C1CCCCC1. The molecule has 0 heterocycles. The lowest BCUT2D eigenvalue weighted by molar-refractivity contribution is -0.132. The first-order valence-corrected chi connectivity index (χ1v) is 10.5. The van der Waals surface area contributed by atoms with E-state index in [0.717, 1.165) is 29.7 Å². The van der Waals surface area contributed by atoms with Gasteiger partial charge in [0, 0.05) is 12.4 Å². The van der Waals surface area contributed by atoms with Gasteiger partial charge >= 0.3 is 5.97 Å². The molecule has 2 aromatic rings. The monoisotopic (exact) mass is 390 g/mol. The van der Waals surface area contributed by atoms with Crippen molar-refractivity contribution in [2.75, 3.05) is 0 Å². The molecule has 2 aromatic carbocycles. The summed E-state index contributed by atoms with van der Waals surface area (Å²) in [7, 11) is 0. The molecule has 4 heteroatoms. The van der Waals surface area contributed by atoms with Crippen molar-refractivity contribution >= 4 is 17.9 Å². The number of carboxylic acids is 1. The molecule has 1 aliphatic carbocycles. The Kier molecular flexibility index (Phi) is 7.23. The van der Waals surface area contributed by atoms with Crippen LogP contribution in [-0.4, -0.2) is 17.3 Å². The summed E-state index contributed by atoms with van der Waals surface area (Å²) in [5.74, 6) is 0.468. The molecule has 1 saturated carbocycles. The number of carboxylic acid groups (broad SMARTS) is 1. The van der Waals surface area contributed by atoms with Crippen molar-refractivity contribution in [2.45, 2.75) is 45.4 Å². The largest absolute Gasteiger partial charge is 0.478 e. The second-order valence-electron chi connectivity index (χ2n) is 8.02. The van der Waals surface area contributed by atoms with Gasteiger partial charge in [0.25, 0.3) is 0 Å². The van der Waals surface area contributed by atoms with Gasteiger partial charge < -0.3 is 10.8 Å². The van der Waals surface area contributed by atoms with Crippen LogP contribution < -0.4 is 5.73 Å². The van der Waals surface area contributed by atoms with Gasteiger partial charge in [-0.3, -0.25) is 4.99 Å². The molecule has 29 heavy (non-hydrogen) atoms. The van der Waals surface area contributed by atoms with E-state index in [4.69, 9.17) is 10.8 Å². The minimum absolute atomic E-state index is 0.0332. The van der Waals surface area contributed by atoms with Gasteiger partial charge in [-0.05, 0) is 47.1 Å². The smallest absolute Gasteiger partial charge is 0.338 e. The first-order chi connectivity index (χ1) is 14.1. The Balaban J connectivity index is 1.74. The predicted molar refractivity (Wildman–Crippen MR) is 119 cm³/mol. The first kappa shape index (κ1) is 20.8. The van der Waals surface area contributed by atoms with Gasteiger partial charge in [-0.25, -0.2) is 4.79 Å². The second-order valence-corrected chi connectivity index (χ2v) is 8.02. The standard InChI is InChI=1S/C25H30N2O2/c1-18(20-8-3-2-4-9-20)13-19-7-5-10-21(14-19)22-11-6-12-24(15-22)27-17-23(16-26)25(28)29/h5-7,10-12,14-18,20H,2-4,8-9,13,26H2,1H3,(H,28,29). The van der Waals surface area contributed by atoms with Crippen molar-refractivity contribution in [2.24, 2.45) is 22.6 Å². The third-order valence-electron chi connectivity index (χ3n) is 5.90. The maximum Gasteiger partial charge on any atom is 0.338 e. The van der Waals surface area contributed by atoms with E-state index < -0.39 is 5.97 Å². The molecule has 4 nitrogen and oxygen atoms in total.